The number of carbonyl (C=O) groups is 2. The molecule has 4 aliphatic heterocycles. The Kier molecular flexibility index (Phi) is 16.1. The lowest BCUT2D eigenvalue weighted by atomic mass is 9.97. The first-order chi connectivity index (χ1) is 33.1. The first kappa shape index (κ1) is 48.9. The van der Waals surface area contributed by atoms with E-state index in [1.54, 1.807) is 24.3 Å². The maximum absolute atomic E-state index is 12.2. The number of aromatic nitrogens is 4. The number of phenols is 2. The summed E-state index contributed by atoms with van der Waals surface area (Å²) in [4.78, 5) is 48.3. The molecule has 6 aromatic rings. The highest BCUT2D eigenvalue weighted by atomic mass is 35.5. The van der Waals surface area contributed by atoms with Crippen molar-refractivity contribution in [3.8, 4) is 34.3 Å². The molecular weight excluding hydrogens is 900 g/mol. The van der Waals surface area contributed by atoms with E-state index in [-0.39, 0.29) is 60.1 Å². The Bertz CT molecular complexity index is 2550. The second kappa shape index (κ2) is 22.7. The van der Waals surface area contributed by atoms with Gasteiger partial charge in [-0.15, -0.1) is 12.4 Å². The molecule has 4 fully saturated rings. The molecule has 4 aliphatic rings. The minimum atomic E-state index is -0.377. The predicted molar refractivity (Wildman–Crippen MR) is 267 cm³/mol. The predicted octanol–water partition coefficient (Wildman–Crippen LogP) is 8.51. The molecule has 0 radical (unpaired) electrons. The Morgan fingerprint density at radius 3 is 1.46 bits per heavy atom. The lowest BCUT2D eigenvalue weighted by Crippen LogP contribution is -2.42. The fourth-order valence-corrected chi connectivity index (χ4v) is 9.40. The molecule has 69 heavy (non-hydrogen) atoms. The number of nitrogens with one attached hydrogen (secondary N) is 2. The number of nitrogens with zero attached hydrogens (tertiary/aromatic N) is 6. The number of para-hydroxylation sites is 2. The first-order valence-electron chi connectivity index (χ1n) is 23.8. The van der Waals surface area contributed by atoms with Crippen molar-refractivity contribution < 1.29 is 38.7 Å². The Morgan fingerprint density at radius 2 is 1.06 bits per heavy atom. The van der Waals surface area contributed by atoms with Gasteiger partial charge in [-0.05, 0) is 111 Å². The normalized spacial score (nSPS) is 20.1. The van der Waals surface area contributed by atoms with E-state index in [2.05, 4.69) is 56.8 Å². The number of hydrogen-bond acceptors (Lipinski definition) is 14. The molecule has 364 valence electrons. The number of carbonyl (C=O) groups excluding carboxylic acids is 2. The van der Waals surface area contributed by atoms with Crippen molar-refractivity contribution in [1.82, 2.24) is 30.6 Å². The number of anilines is 2. The van der Waals surface area contributed by atoms with Crippen LogP contribution in [0.3, 0.4) is 0 Å². The number of aromatic hydroxyl groups is 2. The van der Waals surface area contributed by atoms with Crippen LogP contribution in [0.2, 0.25) is 0 Å². The minimum Gasteiger partial charge on any atom is -0.507 e. The molecule has 17 heteroatoms. The lowest BCUT2D eigenvalue weighted by molar-refractivity contribution is 0.0816. The van der Waals surface area contributed by atoms with Gasteiger partial charge in [0.2, 0.25) is 0 Å². The van der Waals surface area contributed by atoms with Crippen LogP contribution in [0.5, 0.6) is 11.5 Å². The van der Waals surface area contributed by atoms with E-state index in [1.807, 2.05) is 38.1 Å². The molecule has 16 nitrogen and oxygen atoms in total. The summed E-state index contributed by atoms with van der Waals surface area (Å²) in [6, 6.07) is 26.7. The Labute approximate surface area is 408 Å². The highest BCUT2D eigenvalue weighted by molar-refractivity contribution is 5.93. The molecule has 4 aromatic carbocycles. The zero-order chi connectivity index (χ0) is 47.0. The monoisotopic (exact) mass is 960 g/mol. The summed E-state index contributed by atoms with van der Waals surface area (Å²) in [6.45, 7) is 10.7. The van der Waals surface area contributed by atoms with Crippen molar-refractivity contribution in [3.05, 3.63) is 96.1 Å². The summed E-state index contributed by atoms with van der Waals surface area (Å²) in [5.74, 6) is 3.62. The summed E-state index contributed by atoms with van der Waals surface area (Å²) in [6.07, 6.45) is 4.51. The SMILES string of the molecule is Cc1ccc2c(N3CCC[C@@H](CNC(=O)O[C@@H]4CCOC4)C3)nc(-c3ccccc3O)nc2c1.Cc1ccc2c(N3CCC[C@@H](CNC(=O)O[C@@H]4CCOC4)C3)nc(-c3ccccc3O)nc2c1.Cl. The van der Waals surface area contributed by atoms with Crippen LogP contribution in [-0.4, -0.2) is 120 Å². The average Bonchev–Trinajstić information content (AvgIpc) is 4.07. The molecule has 4 N–H and O–H groups in total. The van der Waals surface area contributed by atoms with Crippen molar-refractivity contribution in [3.63, 3.8) is 0 Å². The van der Waals surface area contributed by atoms with Crippen LogP contribution in [0.15, 0.2) is 84.9 Å². The van der Waals surface area contributed by atoms with Crippen LogP contribution >= 0.6 is 12.4 Å². The molecule has 2 amide bonds. The molecule has 4 atom stereocenters. The van der Waals surface area contributed by atoms with Gasteiger partial charge in [0.05, 0.1) is 48.6 Å². The third kappa shape index (κ3) is 12.2. The number of aryl methyl sites for hydroxylation is 2. The number of ether oxygens (including phenoxy) is 4. The van der Waals surface area contributed by atoms with Gasteiger partial charge < -0.3 is 49.6 Å². The van der Waals surface area contributed by atoms with Gasteiger partial charge in [-0.1, -0.05) is 36.4 Å². The molecular formula is C52H61ClN8O8. The number of piperidine rings is 2. The Morgan fingerprint density at radius 1 is 0.623 bits per heavy atom. The number of alkyl carbamates (subject to hydrolysis) is 2. The largest absolute Gasteiger partial charge is 0.507 e. The standard InChI is InChI=1S/2C26H30N4O4.ClH/c2*1-17-8-9-20-22(13-17)28-24(21-6-2-3-7-23(21)31)29-25(20)30-11-4-5-18(15-30)14-27-26(32)34-19-10-12-33-16-19;/h2*2-3,6-9,13,18-19,31H,4-5,10-12,14-16H2,1H3,(H,27,32);1H/t2*18-,19+;/m00./s1. The van der Waals surface area contributed by atoms with Crippen molar-refractivity contribution in [2.24, 2.45) is 11.8 Å². The molecule has 2 aromatic heterocycles. The first-order valence-corrected chi connectivity index (χ1v) is 23.8. The smallest absolute Gasteiger partial charge is 0.407 e. The third-order valence-electron chi connectivity index (χ3n) is 13.0. The van der Waals surface area contributed by atoms with Gasteiger partial charge >= 0.3 is 12.2 Å². The Hall–Kier alpha value is -6.49. The van der Waals surface area contributed by atoms with Crippen LogP contribution in [0.4, 0.5) is 21.2 Å². The van der Waals surface area contributed by atoms with E-state index in [0.29, 0.717) is 62.3 Å². The van der Waals surface area contributed by atoms with Gasteiger partial charge in [-0.25, -0.2) is 29.5 Å². The fourth-order valence-electron chi connectivity index (χ4n) is 9.40. The lowest BCUT2D eigenvalue weighted by Gasteiger charge is -2.34. The second-order valence-corrected chi connectivity index (χ2v) is 18.3. The quantitative estimate of drug-likeness (QED) is 0.102. The van der Waals surface area contributed by atoms with Crippen molar-refractivity contribution in [2.45, 2.75) is 64.6 Å². The van der Waals surface area contributed by atoms with Gasteiger partial charge in [-0.2, -0.15) is 0 Å². The van der Waals surface area contributed by atoms with E-state index in [9.17, 15) is 19.8 Å². The number of benzene rings is 4. The number of phenolic OH excluding ortho intramolecular Hbond substituents is 2. The van der Waals surface area contributed by atoms with Crippen molar-refractivity contribution in [1.29, 1.82) is 0 Å². The highest BCUT2D eigenvalue weighted by Crippen LogP contribution is 2.35. The molecule has 0 saturated carbocycles. The molecule has 0 bridgehead atoms. The third-order valence-corrected chi connectivity index (χ3v) is 13.0. The summed E-state index contributed by atoms with van der Waals surface area (Å²) in [5.41, 5.74) is 5.17. The summed E-state index contributed by atoms with van der Waals surface area (Å²) < 4.78 is 21.4. The summed E-state index contributed by atoms with van der Waals surface area (Å²) in [7, 11) is 0. The molecule has 4 saturated heterocycles. The fraction of sp³-hybridized carbons (Fsp3) is 0.423. The number of amides is 2. The second-order valence-electron chi connectivity index (χ2n) is 18.3. The van der Waals surface area contributed by atoms with Gasteiger partial charge in [-0.3, -0.25) is 0 Å². The maximum Gasteiger partial charge on any atom is 0.407 e. The van der Waals surface area contributed by atoms with E-state index in [0.717, 1.165) is 109 Å². The molecule has 6 heterocycles. The number of hydrogen-bond donors (Lipinski definition) is 4. The Balaban J connectivity index is 0.000000183. The molecule has 0 unspecified atom stereocenters. The zero-order valence-electron chi connectivity index (χ0n) is 39.1. The number of halogens is 1. The summed E-state index contributed by atoms with van der Waals surface area (Å²) in [5, 5.41) is 28.6. The van der Waals surface area contributed by atoms with Gasteiger partial charge in [0.25, 0.3) is 0 Å². The highest BCUT2D eigenvalue weighted by Gasteiger charge is 2.28. The maximum atomic E-state index is 12.2. The van der Waals surface area contributed by atoms with Crippen LogP contribution in [0.1, 0.15) is 49.7 Å². The van der Waals surface area contributed by atoms with E-state index < -0.39 is 0 Å². The van der Waals surface area contributed by atoms with Gasteiger partial charge in [0.1, 0.15) is 35.3 Å². The van der Waals surface area contributed by atoms with Crippen molar-refractivity contribution >= 4 is 58.0 Å². The zero-order valence-corrected chi connectivity index (χ0v) is 40.0. The van der Waals surface area contributed by atoms with Gasteiger partial charge in [0, 0.05) is 62.9 Å². The molecule has 0 aliphatic carbocycles. The van der Waals surface area contributed by atoms with Crippen molar-refractivity contribution in [2.75, 3.05) is 75.5 Å². The van der Waals surface area contributed by atoms with Gasteiger partial charge in [0.15, 0.2) is 11.6 Å². The van der Waals surface area contributed by atoms with Crippen LogP contribution < -0.4 is 20.4 Å². The molecule has 10 rings (SSSR count). The summed E-state index contributed by atoms with van der Waals surface area (Å²) >= 11 is 0. The van der Waals surface area contributed by atoms with Crippen LogP contribution in [0.25, 0.3) is 44.6 Å². The number of fused-ring (bicyclic) bond motifs is 2. The van der Waals surface area contributed by atoms with E-state index in [1.165, 1.54) is 0 Å². The molecule has 0 spiro atoms. The van der Waals surface area contributed by atoms with Crippen LogP contribution in [-0.2, 0) is 18.9 Å². The van der Waals surface area contributed by atoms with Crippen LogP contribution in [0, 0.1) is 25.7 Å². The average molecular weight is 962 g/mol. The van der Waals surface area contributed by atoms with E-state index >= 15 is 0 Å². The van der Waals surface area contributed by atoms with E-state index in [4.69, 9.17) is 38.9 Å². The topological polar surface area (TPSA) is 194 Å². The number of rotatable bonds is 10. The minimum absolute atomic E-state index is 0.